The smallest absolute Gasteiger partial charge is 0.320 e. The van der Waals surface area contributed by atoms with Crippen LogP contribution in [0.1, 0.15) is 47.0 Å². The number of fused-ring (bicyclic) bond motifs is 1. The Morgan fingerprint density at radius 1 is 1.23 bits per heavy atom. The standard InChI is InChI=1S/C31H37ClFN5O5/c1-19(39)16-38(17-29(41)43-31(2,3)4)12-6-9-28(40)37-26-14-22-25(15-27(26)42-21-7-5-8-21)34-18-35-30(22)36-20-10-11-24(33)23(32)13-20/h6,9-11,13-15,18-19,21,39H,5,7-8,12,16-17H2,1-4H3,(H,37,40)(H,34,35,36)/b9-6+/t19-/m0/s1. The van der Waals surface area contributed by atoms with E-state index in [0.717, 1.165) is 19.3 Å². The third-order valence-electron chi connectivity index (χ3n) is 6.45. The van der Waals surface area contributed by atoms with Crippen LogP contribution in [0.15, 0.2) is 48.8 Å². The zero-order valence-corrected chi connectivity index (χ0v) is 25.4. The van der Waals surface area contributed by atoms with Gasteiger partial charge in [-0.25, -0.2) is 14.4 Å². The number of nitrogens with zero attached hydrogens (tertiary/aromatic N) is 3. The number of hydrogen-bond acceptors (Lipinski definition) is 9. The lowest BCUT2D eigenvalue weighted by Gasteiger charge is -2.27. The number of hydrogen-bond donors (Lipinski definition) is 3. The molecule has 0 unspecified atom stereocenters. The van der Waals surface area contributed by atoms with Gasteiger partial charge in [-0.2, -0.15) is 0 Å². The molecule has 0 saturated heterocycles. The van der Waals surface area contributed by atoms with Gasteiger partial charge >= 0.3 is 5.97 Å². The van der Waals surface area contributed by atoms with Crippen LogP contribution in [0.25, 0.3) is 10.9 Å². The number of aromatic nitrogens is 2. The average molecular weight is 614 g/mol. The molecule has 0 bridgehead atoms. The summed E-state index contributed by atoms with van der Waals surface area (Å²) in [5.74, 6) is -0.452. The second-order valence-electron chi connectivity index (χ2n) is 11.5. The van der Waals surface area contributed by atoms with Crippen molar-refractivity contribution in [1.29, 1.82) is 0 Å². The molecule has 0 spiro atoms. The summed E-state index contributed by atoms with van der Waals surface area (Å²) in [5.41, 5.74) is 0.917. The first-order valence-corrected chi connectivity index (χ1v) is 14.5. The molecule has 2 aromatic carbocycles. The molecule has 1 saturated carbocycles. The number of aliphatic hydroxyl groups is 1. The average Bonchev–Trinajstić information content (AvgIpc) is 2.87. The van der Waals surface area contributed by atoms with Gasteiger partial charge in [0, 0.05) is 36.3 Å². The molecule has 1 fully saturated rings. The Hall–Kier alpha value is -3.80. The third kappa shape index (κ3) is 9.60. The normalized spacial score (nSPS) is 14.5. The first-order valence-electron chi connectivity index (χ1n) is 14.1. The van der Waals surface area contributed by atoms with Crippen molar-refractivity contribution in [1.82, 2.24) is 14.9 Å². The van der Waals surface area contributed by atoms with Crippen LogP contribution in [0.2, 0.25) is 5.02 Å². The number of nitrogens with one attached hydrogen (secondary N) is 2. The van der Waals surface area contributed by atoms with Crippen molar-refractivity contribution in [2.45, 2.75) is 64.8 Å². The van der Waals surface area contributed by atoms with Gasteiger partial charge in [0.25, 0.3) is 0 Å². The third-order valence-corrected chi connectivity index (χ3v) is 6.74. The first-order chi connectivity index (χ1) is 20.4. The minimum absolute atomic E-state index is 0.0302. The maximum atomic E-state index is 13.7. The first kappa shape index (κ1) is 32.1. The molecular weight excluding hydrogens is 577 g/mol. The molecule has 1 heterocycles. The minimum Gasteiger partial charge on any atom is -0.488 e. The SMILES string of the molecule is C[C@H](O)CN(C/C=C/C(=O)Nc1cc2c(Nc3ccc(F)c(Cl)c3)ncnc2cc1OC1CCC1)CC(=O)OC(C)(C)C. The van der Waals surface area contributed by atoms with E-state index in [4.69, 9.17) is 21.1 Å². The van der Waals surface area contributed by atoms with Crippen LogP contribution in [0.3, 0.4) is 0 Å². The molecule has 4 rings (SSSR count). The number of aliphatic hydroxyl groups excluding tert-OH is 1. The van der Waals surface area contributed by atoms with Crippen molar-refractivity contribution in [2.75, 3.05) is 30.3 Å². The van der Waals surface area contributed by atoms with Gasteiger partial charge in [-0.3, -0.25) is 14.5 Å². The number of amides is 1. The zero-order valence-electron chi connectivity index (χ0n) is 24.7. The Labute approximate surface area is 255 Å². The Balaban J connectivity index is 1.53. The predicted molar refractivity (Wildman–Crippen MR) is 164 cm³/mol. The summed E-state index contributed by atoms with van der Waals surface area (Å²) in [6.07, 6.45) is 6.67. The molecule has 1 aliphatic rings. The van der Waals surface area contributed by atoms with Gasteiger partial charge in [-0.1, -0.05) is 17.7 Å². The summed E-state index contributed by atoms with van der Waals surface area (Å²) < 4.78 is 25.2. The maximum absolute atomic E-state index is 13.7. The Kier molecular flexibility index (Phi) is 10.5. The van der Waals surface area contributed by atoms with Crippen LogP contribution < -0.4 is 15.4 Å². The Morgan fingerprint density at radius 2 is 2.00 bits per heavy atom. The summed E-state index contributed by atoms with van der Waals surface area (Å²) in [7, 11) is 0. The van der Waals surface area contributed by atoms with Crippen molar-refractivity contribution in [2.24, 2.45) is 0 Å². The molecule has 12 heteroatoms. The number of esters is 1. The van der Waals surface area contributed by atoms with E-state index >= 15 is 0 Å². The fraction of sp³-hybridized carbons (Fsp3) is 0.419. The molecule has 1 amide bonds. The molecule has 0 aliphatic heterocycles. The monoisotopic (exact) mass is 613 g/mol. The van der Waals surface area contributed by atoms with Gasteiger partial charge in [0.05, 0.1) is 35.0 Å². The lowest BCUT2D eigenvalue weighted by molar-refractivity contribution is -0.156. The van der Waals surface area contributed by atoms with Crippen molar-refractivity contribution >= 4 is 51.6 Å². The van der Waals surface area contributed by atoms with E-state index in [9.17, 15) is 19.1 Å². The molecule has 1 aliphatic carbocycles. The van der Waals surface area contributed by atoms with Crippen molar-refractivity contribution in [3.8, 4) is 5.75 Å². The highest BCUT2D eigenvalue weighted by atomic mass is 35.5. The lowest BCUT2D eigenvalue weighted by atomic mass is 9.96. The Morgan fingerprint density at radius 3 is 2.65 bits per heavy atom. The lowest BCUT2D eigenvalue weighted by Crippen LogP contribution is -2.38. The van der Waals surface area contributed by atoms with Crippen LogP contribution in [0, 0.1) is 5.82 Å². The summed E-state index contributed by atoms with van der Waals surface area (Å²) in [6.45, 7) is 7.41. The van der Waals surface area contributed by atoms with Gasteiger partial charge < -0.3 is 25.2 Å². The second-order valence-corrected chi connectivity index (χ2v) is 11.9. The molecule has 230 valence electrons. The van der Waals surface area contributed by atoms with Gasteiger partial charge in [-0.15, -0.1) is 0 Å². The van der Waals surface area contributed by atoms with Crippen LogP contribution in [0.4, 0.5) is 21.6 Å². The van der Waals surface area contributed by atoms with Gasteiger partial charge in [-0.05, 0) is 71.2 Å². The van der Waals surface area contributed by atoms with E-state index in [2.05, 4.69) is 20.6 Å². The number of carbonyl (C=O) groups is 2. The molecule has 3 aromatic rings. The maximum Gasteiger partial charge on any atom is 0.320 e. The largest absolute Gasteiger partial charge is 0.488 e. The van der Waals surface area contributed by atoms with Crippen LogP contribution in [0.5, 0.6) is 5.75 Å². The van der Waals surface area contributed by atoms with Gasteiger partial charge in [0.15, 0.2) is 0 Å². The molecular formula is C31H37ClFN5O5. The van der Waals surface area contributed by atoms with E-state index in [0.29, 0.717) is 33.8 Å². The summed E-state index contributed by atoms with van der Waals surface area (Å²) in [5, 5.41) is 16.5. The van der Waals surface area contributed by atoms with E-state index < -0.39 is 29.4 Å². The molecule has 3 N–H and O–H groups in total. The van der Waals surface area contributed by atoms with E-state index in [1.165, 1.54) is 24.5 Å². The molecule has 0 radical (unpaired) electrons. The zero-order chi connectivity index (χ0) is 31.1. The van der Waals surface area contributed by atoms with E-state index in [1.807, 2.05) is 0 Å². The van der Waals surface area contributed by atoms with E-state index in [-0.39, 0.29) is 30.8 Å². The fourth-order valence-corrected chi connectivity index (χ4v) is 4.55. The quantitative estimate of drug-likeness (QED) is 0.176. The molecule has 1 atom stereocenters. The number of halogens is 2. The highest BCUT2D eigenvalue weighted by Gasteiger charge is 2.23. The van der Waals surface area contributed by atoms with Crippen molar-refractivity contribution in [3.63, 3.8) is 0 Å². The second kappa shape index (κ2) is 14.1. The summed E-state index contributed by atoms with van der Waals surface area (Å²) >= 11 is 5.95. The van der Waals surface area contributed by atoms with Crippen molar-refractivity contribution in [3.05, 3.63) is 59.7 Å². The highest BCUT2D eigenvalue weighted by Crippen LogP contribution is 2.36. The summed E-state index contributed by atoms with van der Waals surface area (Å²) in [4.78, 5) is 35.8. The number of ether oxygens (including phenoxy) is 2. The van der Waals surface area contributed by atoms with Crippen LogP contribution in [-0.4, -0.2) is 69.3 Å². The molecule has 43 heavy (non-hydrogen) atoms. The topological polar surface area (TPSA) is 126 Å². The number of rotatable bonds is 12. The summed E-state index contributed by atoms with van der Waals surface area (Å²) in [6, 6.07) is 7.73. The van der Waals surface area contributed by atoms with E-state index in [1.54, 1.807) is 56.9 Å². The number of carbonyl (C=O) groups excluding carboxylic acids is 2. The van der Waals surface area contributed by atoms with Crippen molar-refractivity contribution < 1.29 is 28.6 Å². The fourth-order valence-electron chi connectivity index (χ4n) is 4.37. The van der Waals surface area contributed by atoms with Crippen LogP contribution in [-0.2, 0) is 14.3 Å². The molecule has 1 aromatic heterocycles. The minimum atomic E-state index is -0.676. The van der Waals surface area contributed by atoms with Gasteiger partial charge in [0.2, 0.25) is 5.91 Å². The number of anilines is 3. The Bertz CT molecular complexity index is 1490. The predicted octanol–water partition coefficient (Wildman–Crippen LogP) is 5.62. The number of benzene rings is 2. The molecule has 10 nitrogen and oxygen atoms in total. The highest BCUT2D eigenvalue weighted by molar-refractivity contribution is 6.31. The van der Waals surface area contributed by atoms with Gasteiger partial charge in [0.1, 0.15) is 29.3 Å². The van der Waals surface area contributed by atoms with Crippen LogP contribution >= 0.6 is 11.6 Å².